The highest BCUT2D eigenvalue weighted by Crippen LogP contribution is 2.34. The van der Waals surface area contributed by atoms with Gasteiger partial charge in [-0.1, -0.05) is 51.1 Å². The molecule has 5 rings (SSSR count). The predicted octanol–water partition coefficient (Wildman–Crippen LogP) is 8.30. The summed E-state index contributed by atoms with van der Waals surface area (Å²) in [7, 11) is 0. The lowest BCUT2D eigenvalue weighted by atomic mass is 9.98. The zero-order chi connectivity index (χ0) is 26.6. The van der Waals surface area contributed by atoms with Crippen LogP contribution < -0.4 is 4.74 Å². The summed E-state index contributed by atoms with van der Waals surface area (Å²) in [5, 5.41) is 3.43. The van der Waals surface area contributed by atoms with Gasteiger partial charge >= 0.3 is 0 Å². The van der Waals surface area contributed by atoms with Crippen LogP contribution in [0, 0.1) is 6.92 Å². The minimum atomic E-state index is 0.431. The van der Waals surface area contributed by atoms with E-state index in [9.17, 15) is 4.79 Å². The quantitative estimate of drug-likeness (QED) is 0.212. The summed E-state index contributed by atoms with van der Waals surface area (Å²) in [6.07, 6.45) is 4.56. The van der Waals surface area contributed by atoms with Gasteiger partial charge in [0.1, 0.15) is 17.9 Å². The number of aromatic nitrogens is 1. The number of carbonyl (C=O) groups excluding carboxylic acids is 1. The summed E-state index contributed by atoms with van der Waals surface area (Å²) in [5.41, 5.74) is 6.46. The normalized spacial score (nSPS) is 10.2. The van der Waals surface area contributed by atoms with Crippen LogP contribution >= 0.6 is 0 Å². The molecule has 0 radical (unpaired) electrons. The molecule has 0 aliphatic rings. The minimum Gasteiger partial charge on any atom is -0.489 e. The molecule has 0 saturated carbocycles. The molecule has 0 N–H and O–H groups in total. The van der Waals surface area contributed by atoms with Crippen LogP contribution in [0.5, 0.6) is 5.75 Å². The number of rotatable bonds is 7. The summed E-state index contributed by atoms with van der Waals surface area (Å²) in [6.45, 7) is 11.4. The fraction of sp³-hybridized carbons (Fsp3) is 0.250. The van der Waals surface area contributed by atoms with Crippen LogP contribution in [0.4, 0.5) is 0 Å². The molecule has 0 spiro atoms. The summed E-state index contributed by atoms with van der Waals surface area (Å²) in [6, 6.07) is 23.1. The molecule has 0 aliphatic heterocycles. The SMILES string of the molecule is CC.CCOC=O.CCc1ccccc1OCc1cc(-c2ccc3ccnc(C)c3c2)c2occc2c1. The van der Waals surface area contributed by atoms with Crippen LogP contribution in [0.25, 0.3) is 32.9 Å². The highest BCUT2D eigenvalue weighted by Gasteiger charge is 2.12. The molecular weight excluding hydrogens is 462 g/mol. The van der Waals surface area contributed by atoms with Crippen molar-refractivity contribution in [1.29, 1.82) is 0 Å². The van der Waals surface area contributed by atoms with Gasteiger partial charge in [-0.15, -0.1) is 0 Å². The van der Waals surface area contributed by atoms with Gasteiger partial charge in [-0.05, 0) is 78.7 Å². The van der Waals surface area contributed by atoms with Crippen LogP contribution in [0.3, 0.4) is 0 Å². The summed E-state index contributed by atoms with van der Waals surface area (Å²) in [5.74, 6) is 0.946. The van der Waals surface area contributed by atoms with E-state index in [2.05, 4.69) is 59.1 Å². The molecule has 0 aliphatic carbocycles. The minimum absolute atomic E-state index is 0.431. The maximum Gasteiger partial charge on any atom is 0.293 e. The molecule has 0 atom stereocenters. The van der Waals surface area contributed by atoms with E-state index >= 15 is 0 Å². The van der Waals surface area contributed by atoms with Crippen LogP contribution in [0.1, 0.15) is 44.5 Å². The number of aryl methyl sites for hydroxylation is 2. The highest BCUT2D eigenvalue weighted by atomic mass is 16.5. The van der Waals surface area contributed by atoms with Crippen LogP contribution in [-0.4, -0.2) is 18.1 Å². The lowest BCUT2D eigenvalue weighted by molar-refractivity contribution is -0.128. The Morgan fingerprint density at radius 2 is 1.76 bits per heavy atom. The van der Waals surface area contributed by atoms with Crippen molar-refractivity contribution in [3.8, 4) is 16.9 Å². The lowest BCUT2D eigenvalue weighted by Crippen LogP contribution is -1.98. The largest absolute Gasteiger partial charge is 0.489 e. The van der Waals surface area contributed by atoms with Crippen LogP contribution in [0.2, 0.25) is 0 Å². The summed E-state index contributed by atoms with van der Waals surface area (Å²) in [4.78, 5) is 13.6. The maximum absolute atomic E-state index is 9.18. The van der Waals surface area contributed by atoms with E-state index in [1.165, 1.54) is 10.9 Å². The first-order valence-corrected chi connectivity index (χ1v) is 12.8. The molecule has 192 valence electrons. The number of hydrogen-bond acceptors (Lipinski definition) is 5. The topological polar surface area (TPSA) is 61.6 Å². The van der Waals surface area contributed by atoms with Crippen molar-refractivity contribution in [2.24, 2.45) is 0 Å². The average Bonchev–Trinajstić information content (AvgIpc) is 3.42. The molecule has 0 saturated heterocycles. The van der Waals surface area contributed by atoms with Gasteiger partial charge in [0, 0.05) is 28.2 Å². The zero-order valence-electron chi connectivity index (χ0n) is 22.3. The first-order chi connectivity index (χ1) is 18.1. The monoisotopic (exact) mass is 497 g/mol. The molecule has 5 heteroatoms. The van der Waals surface area contributed by atoms with Gasteiger partial charge < -0.3 is 13.9 Å². The van der Waals surface area contributed by atoms with Gasteiger partial charge in [0.15, 0.2) is 0 Å². The van der Waals surface area contributed by atoms with Crippen molar-refractivity contribution >= 4 is 28.2 Å². The second-order valence-electron chi connectivity index (χ2n) is 8.12. The summed E-state index contributed by atoms with van der Waals surface area (Å²) >= 11 is 0. The van der Waals surface area contributed by atoms with Crippen molar-refractivity contribution in [2.45, 2.75) is 47.6 Å². The van der Waals surface area contributed by atoms with Gasteiger partial charge in [-0.2, -0.15) is 0 Å². The van der Waals surface area contributed by atoms with Crippen LogP contribution in [-0.2, 0) is 22.6 Å². The zero-order valence-corrected chi connectivity index (χ0v) is 22.3. The number of carbonyl (C=O) groups is 1. The third-order valence-corrected chi connectivity index (χ3v) is 5.87. The van der Waals surface area contributed by atoms with E-state index < -0.39 is 0 Å². The molecule has 0 bridgehead atoms. The Labute approximate surface area is 219 Å². The van der Waals surface area contributed by atoms with E-state index in [4.69, 9.17) is 9.15 Å². The molecule has 5 nitrogen and oxygen atoms in total. The van der Waals surface area contributed by atoms with E-state index in [1.807, 2.05) is 51.2 Å². The number of benzene rings is 3. The van der Waals surface area contributed by atoms with Crippen molar-refractivity contribution in [1.82, 2.24) is 4.98 Å². The second kappa shape index (κ2) is 13.8. The van der Waals surface area contributed by atoms with E-state index in [0.29, 0.717) is 19.7 Å². The Morgan fingerprint density at radius 3 is 2.49 bits per heavy atom. The van der Waals surface area contributed by atoms with Crippen molar-refractivity contribution in [2.75, 3.05) is 6.61 Å². The average molecular weight is 498 g/mol. The number of hydrogen-bond donors (Lipinski definition) is 0. The van der Waals surface area contributed by atoms with Crippen LogP contribution in [0.15, 0.2) is 83.6 Å². The van der Waals surface area contributed by atoms with Gasteiger partial charge in [0.25, 0.3) is 6.47 Å². The number of nitrogens with zero attached hydrogens (tertiary/aromatic N) is 1. The van der Waals surface area contributed by atoms with Gasteiger partial charge in [0.2, 0.25) is 0 Å². The first-order valence-electron chi connectivity index (χ1n) is 12.8. The molecule has 2 aromatic heterocycles. The molecule has 37 heavy (non-hydrogen) atoms. The Bertz CT molecular complexity index is 1440. The van der Waals surface area contributed by atoms with Crippen molar-refractivity contribution in [3.63, 3.8) is 0 Å². The first kappa shape index (κ1) is 27.5. The number of para-hydroxylation sites is 1. The molecule has 5 aromatic rings. The van der Waals surface area contributed by atoms with Gasteiger partial charge in [-0.25, -0.2) is 0 Å². The molecule has 0 amide bonds. The maximum atomic E-state index is 9.18. The number of ether oxygens (including phenoxy) is 2. The lowest BCUT2D eigenvalue weighted by Gasteiger charge is -2.12. The Morgan fingerprint density at radius 1 is 0.946 bits per heavy atom. The Balaban J connectivity index is 0.000000489. The highest BCUT2D eigenvalue weighted by molar-refractivity contribution is 5.96. The fourth-order valence-corrected chi connectivity index (χ4v) is 4.09. The number of furan rings is 1. The second-order valence-corrected chi connectivity index (χ2v) is 8.12. The predicted molar refractivity (Wildman–Crippen MR) is 151 cm³/mol. The van der Waals surface area contributed by atoms with Gasteiger partial charge in [0.05, 0.1) is 12.9 Å². The third kappa shape index (κ3) is 6.76. The van der Waals surface area contributed by atoms with E-state index in [-0.39, 0.29) is 0 Å². The standard InChI is InChI=1S/C27H23NO2.C3H6O2.C2H6/c1-3-20-6-4-5-7-26(20)30-17-19-14-23-11-13-29-27(23)25(15-19)22-9-8-21-10-12-28-18(2)24(21)16-22;1-2-5-3-4;1-2/h4-16H,3,17H2,1-2H3;3H,2H2,1H3;1-2H3. The number of pyridine rings is 1. The molecule has 0 fully saturated rings. The summed E-state index contributed by atoms with van der Waals surface area (Å²) < 4.78 is 16.2. The molecule has 2 heterocycles. The van der Waals surface area contributed by atoms with Crippen molar-refractivity contribution in [3.05, 3.63) is 96.0 Å². The smallest absolute Gasteiger partial charge is 0.293 e. The van der Waals surface area contributed by atoms with E-state index in [0.717, 1.165) is 50.9 Å². The molecular formula is C32H35NO4. The Kier molecular flexibility index (Phi) is 10.3. The van der Waals surface area contributed by atoms with E-state index in [1.54, 1.807) is 13.2 Å². The fourth-order valence-electron chi connectivity index (χ4n) is 4.09. The molecule has 0 unspecified atom stereocenters. The Hall–Kier alpha value is -4.12. The number of fused-ring (bicyclic) bond motifs is 2. The van der Waals surface area contributed by atoms with Gasteiger partial charge in [-0.3, -0.25) is 9.78 Å². The molecule has 3 aromatic carbocycles. The third-order valence-electron chi connectivity index (χ3n) is 5.87. The van der Waals surface area contributed by atoms with Crippen molar-refractivity contribution < 1.29 is 18.7 Å².